The molecule has 112 valence electrons. The zero-order chi connectivity index (χ0) is 14.8. The molecule has 0 unspecified atom stereocenters. The summed E-state index contributed by atoms with van der Waals surface area (Å²) in [5.41, 5.74) is 1.08. The molecule has 21 heavy (non-hydrogen) atoms. The highest BCUT2D eigenvalue weighted by Crippen LogP contribution is 2.29. The molecule has 0 bridgehead atoms. The van der Waals surface area contributed by atoms with E-state index in [1.165, 1.54) is 9.88 Å². The molecule has 5 nitrogen and oxygen atoms in total. The van der Waals surface area contributed by atoms with E-state index in [2.05, 4.69) is 17.0 Å². The number of hydrogen-bond acceptors (Lipinski definition) is 4. The molecule has 3 heterocycles. The molecular formula is C15H20N4OS. The molecule has 1 fully saturated rings. The van der Waals surface area contributed by atoms with Gasteiger partial charge in [-0.05, 0) is 32.3 Å². The summed E-state index contributed by atoms with van der Waals surface area (Å²) in [5, 5.41) is 5.36. The van der Waals surface area contributed by atoms with E-state index in [-0.39, 0.29) is 5.91 Å². The van der Waals surface area contributed by atoms with Gasteiger partial charge >= 0.3 is 0 Å². The van der Waals surface area contributed by atoms with E-state index in [9.17, 15) is 4.79 Å². The molecule has 1 saturated heterocycles. The highest BCUT2D eigenvalue weighted by molar-refractivity contribution is 7.11. The molecule has 1 aliphatic rings. The second-order valence-electron chi connectivity index (χ2n) is 5.70. The van der Waals surface area contributed by atoms with Crippen LogP contribution in [0.2, 0.25) is 0 Å². The Kier molecular flexibility index (Phi) is 4.05. The van der Waals surface area contributed by atoms with Crippen molar-refractivity contribution in [2.24, 2.45) is 0 Å². The average Bonchev–Trinajstić information content (AvgIpc) is 3.08. The van der Waals surface area contributed by atoms with Gasteiger partial charge in [0.1, 0.15) is 6.54 Å². The second-order valence-corrected chi connectivity index (χ2v) is 6.97. The van der Waals surface area contributed by atoms with Crippen LogP contribution in [-0.2, 0) is 11.3 Å². The van der Waals surface area contributed by atoms with Crippen LogP contribution in [0.4, 0.5) is 0 Å². The Morgan fingerprint density at radius 2 is 2.29 bits per heavy atom. The number of rotatable bonds is 3. The summed E-state index contributed by atoms with van der Waals surface area (Å²) < 4.78 is 1.72. The number of amides is 1. The summed E-state index contributed by atoms with van der Waals surface area (Å²) >= 11 is 1.75. The van der Waals surface area contributed by atoms with E-state index in [4.69, 9.17) is 0 Å². The van der Waals surface area contributed by atoms with Gasteiger partial charge < -0.3 is 4.90 Å². The number of hydrogen-bond donors (Lipinski definition) is 0. The number of thiazole rings is 1. The fourth-order valence-corrected chi connectivity index (χ4v) is 3.66. The molecular weight excluding hydrogens is 284 g/mol. The Balaban J connectivity index is 1.64. The first kappa shape index (κ1) is 14.3. The van der Waals surface area contributed by atoms with Crippen LogP contribution in [0.25, 0.3) is 0 Å². The molecule has 2 aromatic heterocycles. The first-order chi connectivity index (χ1) is 10.1. The number of carbonyl (C=O) groups is 1. The lowest BCUT2D eigenvalue weighted by Crippen LogP contribution is -2.40. The van der Waals surface area contributed by atoms with Crippen LogP contribution >= 0.6 is 11.3 Å². The maximum atomic E-state index is 12.4. The molecule has 1 atom stereocenters. The summed E-state index contributed by atoms with van der Waals surface area (Å²) in [4.78, 5) is 20.1. The molecule has 2 aromatic rings. The van der Waals surface area contributed by atoms with Gasteiger partial charge in [0.25, 0.3) is 0 Å². The zero-order valence-electron chi connectivity index (χ0n) is 12.5. The van der Waals surface area contributed by atoms with E-state index >= 15 is 0 Å². The summed E-state index contributed by atoms with van der Waals surface area (Å²) in [6.45, 7) is 6.02. The van der Waals surface area contributed by atoms with E-state index in [1.807, 2.05) is 24.2 Å². The monoisotopic (exact) mass is 304 g/mol. The molecule has 0 saturated carbocycles. The third kappa shape index (κ3) is 3.32. The molecule has 0 spiro atoms. The van der Waals surface area contributed by atoms with Crippen LogP contribution < -0.4 is 0 Å². The fraction of sp³-hybridized carbons (Fsp3) is 0.533. The Labute approximate surface area is 128 Å². The van der Waals surface area contributed by atoms with E-state index in [0.717, 1.165) is 31.5 Å². The second kappa shape index (κ2) is 5.97. The Hall–Kier alpha value is -1.69. The number of aromatic nitrogens is 3. The smallest absolute Gasteiger partial charge is 0.244 e. The Bertz CT molecular complexity index is 633. The molecule has 0 N–H and O–H groups in total. The lowest BCUT2D eigenvalue weighted by atomic mass is 9.99. The topological polar surface area (TPSA) is 51.0 Å². The number of likely N-dealkylation sites (tertiary alicyclic amines) is 1. The largest absolute Gasteiger partial charge is 0.340 e. The maximum absolute atomic E-state index is 12.4. The maximum Gasteiger partial charge on any atom is 0.244 e. The van der Waals surface area contributed by atoms with Crippen LogP contribution in [0.3, 0.4) is 0 Å². The van der Waals surface area contributed by atoms with E-state index in [1.54, 1.807) is 22.2 Å². The minimum Gasteiger partial charge on any atom is -0.340 e. The van der Waals surface area contributed by atoms with Gasteiger partial charge in [0.2, 0.25) is 5.91 Å². The lowest BCUT2D eigenvalue weighted by Gasteiger charge is -2.31. The highest BCUT2D eigenvalue weighted by Gasteiger charge is 2.26. The van der Waals surface area contributed by atoms with Gasteiger partial charge in [-0.2, -0.15) is 5.10 Å². The van der Waals surface area contributed by atoms with Crippen molar-refractivity contribution in [3.05, 3.63) is 34.0 Å². The minimum absolute atomic E-state index is 0.149. The summed E-state index contributed by atoms with van der Waals surface area (Å²) in [5.74, 6) is 0.539. The molecule has 0 aliphatic carbocycles. The van der Waals surface area contributed by atoms with Crippen molar-refractivity contribution in [1.29, 1.82) is 0 Å². The summed E-state index contributed by atoms with van der Waals surface area (Å²) in [6.07, 6.45) is 7.78. The molecule has 0 radical (unpaired) electrons. The standard InChI is InChI=1S/C15H20N4OS/c1-11-6-17-19(8-11)10-14(20)18-5-3-4-13(9-18)15-16-7-12(2)21-15/h6-8,13H,3-5,9-10H2,1-2H3/t13-/m1/s1. The van der Waals surface area contributed by atoms with Gasteiger partial charge in [-0.25, -0.2) is 4.98 Å². The Morgan fingerprint density at radius 1 is 1.43 bits per heavy atom. The molecule has 0 aromatic carbocycles. The molecule has 1 amide bonds. The normalized spacial score (nSPS) is 19.0. The van der Waals surface area contributed by atoms with E-state index in [0.29, 0.717) is 12.5 Å². The third-order valence-corrected chi connectivity index (χ3v) is 4.90. The van der Waals surface area contributed by atoms with Gasteiger partial charge in [-0.1, -0.05) is 0 Å². The van der Waals surface area contributed by atoms with Crippen LogP contribution in [0.1, 0.15) is 34.2 Å². The van der Waals surface area contributed by atoms with Crippen molar-refractivity contribution in [2.45, 2.75) is 39.2 Å². The molecule has 6 heteroatoms. The molecule has 1 aliphatic heterocycles. The average molecular weight is 304 g/mol. The fourth-order valence-electron chi connectivity index (χ4n) is 2.76. The summed E-state index contributed by atoms with van der Waals surface area (Å²) in [7, 11) is 0. The number of aryl methyl sites for hydroxylation is 2. The van der Waals surface area contributed by atoms with Crippen LogP contribution in [0, 0.1) is 13.8 Å². The SMILES string of the molecule is Cc1cnn(CC(=O)N2CCC[C@@H](c3ncc(C)s3)C2)c1. The zero-order valence-corrected chi connectivity index (χ0v) is 13.3. The van der Waals surface area contributed by atoms with Crippen molar-refractivity contribution in [2.75, 3.05) is 13.1 Å². The number of nitrogens with zero attached hydrogens (tertiary/aromatic N) is 4. The quantitative estimate of drug-likeness (QED) is 0.874. The van der Waals surface area contributed by atoms with Crippen LogP contribution in [0.5, 0.6) is 0 Å². The van der Waals surface area contributed by atoms with Crippen molar-refractivity contribution in [3.63, 3.8) is 0 Å². The first-order valence-corrected chi connectivity index (χ1v) is 8.12. The van der Waals surface area contributed by atoms with Crippen molar-refractivity contribution in [1.82, 2.24) is 19.7 Å². The van der Waals surface area contributed by atoms with Gasteiger partial charge in [0, 0.05) is 36.3 Å². The van der Waals surface area contributed by atoms with Crippen molar-refractivity contribution in [3.8, 4) is 0 Å². The molecule has 3 rings (SSSR count). The minimum atomic E-state index is 0.149. The van der Waals surface area contributed by atoms with Gasteiger partial charge in [-0.3, -0.25) is 9.48 Å². The first-order valence-electron chi connectivity index (χ1n) is 7.31. The van der Waals surface area contributed by atoms with Crippen LogP contribution in [-0.4, -0.2) is 38.7 Å². The predicted molar refractivity (Wildman–Crippen MR) is 82.4 cm³/mol. The van der Waals surface area contributed by atoms with Gasteiger partial charge in [0.15, 0.2) is 0 Å². The lowest BCUT2D eigenvalue weighted by molar-refractivity contribution is -0.133. The third-order valence-electron chi connectivity index (χ3n) is 3.82. The van der Waals surface area contributed by atoms with Gasteiger partial charge in [-0.15, -0.1) is 11.3 Å². The van der Waals surface area contributed by atoms with Crippen molar-refractivity contribution < 1.29 is 4.79 Å². The summed E-state index contributed by atoms with van der Waals surface area (Å²) in [6, 6.07) is 0. The predicted octanol–water partition coefficient (Wildman–Crippen LogP) is 2.36. The van der Waals surface area contributed by atoms with Crippen molar-refractivity contribution >= 4 is 17.2 Å². The Morgan fingerprint density at radius 3 is 2.95 bits per heavy atom. The number of carbonyl (C=O) groups excluding carboxylic acids is 1. The highest BCUT2D eigenvalue weighted by atomic mass is 32.1. The number of piperidine rings is 1. The van der Waals surface area contributed by atoms with E-state index < -0.39 is 0 Å². The van der Waals surface area contributed by atoms with Crippen LogP contribution in [0.15, 0.2) is 18.6 Å². The van der Waals surface area contributed by atoms with Gasteiger partial charge in [0.05, 0.1) is 11.2 Å².